The summed E-state index contributed by atoms with van der Waals surface area (Å²) >= 11 is 0. The normalized spacial score (nSPS) is 10.9. The molecule has 25 heavy (non-hydrogen) atoms. The zero-order valence-electron chi connectivity index (χ0n) is 14.8. The second-order valence-electron chi connectivity index (χ2n) is 6.34. The minimum atomic E-state index is -0.0784. The molecule has 0 atom stereocenters. The van der Waals surface area contributed by atoms with Gasteiger partial charge in [0, 0.05) is 17.5 Å². The lowest BCUT2D eigenvalue weighted by Crippen LogP contribution is -2.07. The lowest BCUT2D eigenvalue weighted by atomic mass is 10.1. The van der Waals surface area contributed by atoms with Crippen molar-refractivity contribution in [1.82, 2.24) is 0 Å². The van der Waals surface area contributed by atoms with E-state index >= 15 is 0 Å². The zero-order valence-corrected chi connectivity index (χ0v) is 14.8. The number of carbonyl (C=O) groups excluding carboxylic acids is 1. The number of hydrogen-bond donors (Lipinski definition) is 1. The summed E-state index contributed by atoms with van der Waals surface area (Å²) in [4.78, 5) is 12.9. The summed E-state index contributed by atoms with van der Waals surface area (Å²) in [7, 11) is 0. The van der Waals surface area contributed by atoms with Gasteiger partial charge in [-0.1, -0.05) is 75.1 Å². The van der Waals surface area contributed by atoms with Gasteiger partial charge in [-0.2, -0.15) is 0 Å². The highest BCUT2D eigenvalue weighted by molar-refractivity contribution is 6.14. The van der Waals surface area contributed by atoms with E-state index in [-0.39, 0.29) is 5.78 Å². The van der Waals surface area contributed by atoms with E-state index in [1.807, 2.05) is 54.6 Å². The molecule has 0 amide bonds. The first-order valence-electron chi connectivity index (χ1n) is 9.16. The van der Waals surface area contributed by atoms with E-state index in [0.29, 0.717) is 11.3 Å². The van der Waals surface area contributed by atoms with Crippen LogP contribution in [0.4, 0.5) is 5.69 Å². The van der Waals surface area contributed by atoms with Gasteiger partial charge in [0.05, 0.1) is 5.69 Å². The first kappa shape index (κ1) is 17.3. The summed E-state index contributed by atoms with van der Waals surface area (Å²) in [6, 6.07) is 17.1. The van der Waals surface area contributed by atoms with Crippen molar-refractivity contribution in [2.45, 2.75) is 39.0 Å². The van der Waals surface area contributed by atoms with Gasteiger partial charge >= 0.3 is 0 Å². The van der Waals surface area contributed by atoms with Crippen LogP contribution in [0, 0.1) is 0 Å². The fraction of sp³-hybridized carbons (Fsp3) is 0.318. The third kappa shape index (κ3) is 4.11. The Morgan fingerprint density at radius 2 is 1.64 bits per heavy atom. The second-order valence-corrected chi connectivity index (χ2v) is 6.34. The molecule has 0 bridgehead atoms. The van der Waals surface area contributed by atoms with Crippen molar-refractivity contribution < 1.29 is 9.21 Å². The average molecular weight is 335 g/mol. The van der Waals surface area contributed by atoms with E-state index < -0.39 is 0 Å². The molecule has 0 fully saturated rings. The van der Waals surface area contributed by atoms with Crippen molar-refractivity contribution in [3.05, 3.63) is 65.9 Å². The monoisotopic (exact) mass is 335 g/mol. The Balaban J connectivity index is 1.81. The summed E-state index contributed by atoms with van der Waals surface area (Å²) < 4.78 is 5.90. The first-order chi connectivity index (χ1) is 12.3. The molecule has 0 spiro atoms. The van der Waals surface area contributed by atoms with Gasteiger partial charge in [-0.3, -0.25) is 4.79 Å². The zero-order chi connectivity index (χ0) is 17.5. The molecular weight excluding hydrogens is 310 g/mol. The lowest BCUT2D eigenvalue weighted by molar-refractivity contribution is 0.101. The Hall–Kier alpha value is -2.55. The van der Waals surface area contributed by atoms with E-state index in [1.165, 1.54) is 25.7 Å². The number of ketones is 1. The van der Waals surface area contributed by atoms with Gasteiger partial charge in [0.1, 0.15) is 5.58 Å². The van der Waals surface area contributed by atoms with Crippen molar-refractivity contribution in [3.8, 4) is 0 Å². The minimum Gasteiger partial charge on any atom is -0.450 e. The molecule has 1 heterocycles. The predicted octanol–water partition coefficient (Wildman–Crippen LogP) is 6.05. The maximum Gasteiger partial charge on any atom is 0.230 e. The highest BCUT2D eigenvalue weighted by atomic mass is 16.3. The number of para-hydroxylation sites is 1. The second kappa shape index (κ2) is 8.52. The number of unbranched alkanes of at least 4 members (excludes halogenated alkanes) is 4. The summed E-state index contributed by atoms with van der Waals surface area (Å²) in [6.45, 7) is 3.07. The minimum absolute atomic E-state index is 0.0784. The largest absolute Gasteiger partial charge is 0.450 e. The van der Waals surface area contributed by atoms with E-state index in [9.17, 15) is 4.79 Å². The number of hydrogen-bond acceptors (Lipinski definition) is 3. The Morgan fingerprint density at radius 1 is 0.920 bits per heavy atom. The van der Waals surface area contributed by atoms with Crippen LogP contribution in [0.15, 0.2) is 59.0 Å². The van der Waals surface area contributed by atoms with Gasteiger partial charge < -0.3 is 9.73 Å². The number of rotatable bonds is 9. The summed E-state index contributed by atoms with van der Waals surface area (Å²) in [5, 5.41) is 4.42. The fourth-order valence-electron chi connectivity index (χ4n) is 3.04. The fourth-order valence-corrected chi connectivity index (χ4v) is 3.04. The molecule has 1 N–H and O–H groups in total. The molecule has 0 radical (unpaired) electrons. The molecule has 0 unspecified atom stereocenters. The Kier molecular flexibility index (Phi) is 5.89. The van der Waals surface area contributed by atoms with Crippen LogP contribution in [0.2, 0.25) is 0 Å². The molecule has 3 rings (SSSR count). The van der Waals surface area contributed by atoms with Crippen LogP contribution < -0.4 is 5.32 Å². The topological polar surface area (TPSA) is 42.2 Å². The summed E-state index contributed by atoms with van der Waals surface area (Å²) in [5.74, 6) is 0.325. The van der Waals surface area contributed by atoms with Crippen LogP contribution in [-0.4, -0.2) is 12.3 Å². The molecule has 3 nitrogen and oxygen atoms in total. The van der Waals surface area contributed by atoms with Gasteiger partial charge in [-0.25, -0.2) is 0 Å². The molecule has 3 heteroatoms. The van der Waals surface area contributed by atoms with Crippen LogP contribution in [-0.2, 0) is 0 Å². The van der Waals surface area contributed by atoms with E-state index in [2.05, 4.69) is 12.2 Å². The molecule has 130 valence electrons. The van der Waals surface area contributed by atoms with Gasteiger partial charge in [0.2, 0.25) is 5.78 Å². The van der Waals surface area contributed by atoms with E-state index in [0.717, 1.165) is 29.6 Å². The van der Waals surface area contributed by atoms with Crippen LogP contribution in [0.3, 0.4) is 0 Å². The molecule has 1 aromatic heterocycles. The van der Waals surface area contributed by atoms with Crippen molar-refractivity contribution in [3.63, 3.8) is 0 Å². The maximum absolute atomic E-state index is 12.9. The van der Waals surface area contributed by atoms with Crippen LogP contribution >= 0.6 is 0 Å². The molecule has 0 saturated carbocycles. The third-order valence-electron chi connectivity index (χ3n) is 4.42. The molecule has 2 aromatic carbocycles. The van der Waals surface area contributed by atoms with Crippen molar-refractivity contribution >= 4 is 22.4 Å². The van der Waals surface area contributed by atoms with Crippen molar-refractivity contribution in [1.29, 1.82) is 0 Å². The van der Waals surface area contributed by atoms with Crippen LogP contribution in [0.25, 0.3) is 11.0 Å². The number of anilines is 1. The number of furan rings is 1. The Morgan fingerprint density at radius 3 is 2.44 bits per heavy atom. The Labute approximate surface area is 149 Å². The SMILES string of the molecule is CCCCCCCNc1c(C(=O)c2ccccc2)oc2ccccc12. The Bertz CT molecular complexity index is 820. The number of nitrogens with one attached hydrogen (secondary N) is 1. The van der Waals surface area contributed by atoms with E-state index in [4.69, 9.17) is 4.42 Å². The van der Waals surface area contributed by atoms with Gasteiger partial charge in [0.15, 0.2) is 5.76 Å². The number of fused-ring (bicyclic) bond motifs is 1. The first-order valence-corrected chi connectivity index (χ1v) is 9.16. The molecule has 0 aliphatic rings. The van der Waals surface area contributed by atoms with Crippen molar-refractivity contribution in [2.75, 3.05) is 11.9 Å². The van der Waals surface area contributed by atoms with Gasteiger partial charge in [-0.15, -0.1) is 0 Å². The maximum atomic E-state index is 12.9. The molecule has 0 saturated heterocycles. The molecular formula is C22H25NO2. The average Bonchev–Trinajstić information content (AvgIpc) is 3.03. The molecule has 3 aromatic rings. The standard InChI is InChI=1S/C22H25NO2/c1-2-3-4-5-11-16-23-20-18-14-9-10-15-19(18)25-22(20)21(24)17-12-7-6-8-13-17/h6-10,12-15,23H,2-5,11,16H2,1H3. The number of benzene rings is 2. The summed E-state index contributed by atoms with van der Waals surface area (Å²) in [6.07, 6.45) is 6.10. The van der Waals surface area contributed by atoms with Crippen molar-refractivity contribution in [2.24, 2.45) is 0 Å². The number of carbonyl (C=O) groups is 1. The van der Waals surface area contributed by atoms with Crippen LogP contribution in [0.5, 0.6) is 0 Å². The lowest BCUT2D eigenvalue weighted by Gasteiger charge is -2.07. The van der Waals surface area contributed by atoms with Gasteiger partial charge in [-0.05, 0) is 18.6 Å². The predicted molar refractivity (Wildman–Crippen MR) is 103 cm³/mol. The van der Waals surface area contributed by atoms with Gasteiger partial charge in [0.25, 0.3) is 0 Å². The van der Waals surface area contributed by atoms with E-state index in [1.54, 1.807) is 0 Å². The quantitative estimate of drug-likeness (QED) is 0.382. The molecule has 0 aliphatic carbocycles. The highest BCUT2D eigenvalue weighted by Gasteiger charge is 2.21. The third-order valence-corrected chi connectivity index (χ3v) is 4.42. The smallest absolute Gasteiger partial charge is 0.230 e. The highest BCUT2D eigenvalue weighted by Crippen LogP contribution is 2.32. The van der Waals surface area contributed by atoms with Crippen LogP contribution in [0.1, 0.15) is 55.1 Å². The summed E-state index contributed by atoms with van der Waals surface area (Å²) in [5.41, 5.74) is 2.21. The molecule has 0 aliphatic heterocycles.